The van der Waals surface area contributed by atoms with E-state index >= 15 is 0 Å². The molecule has 1 aromatic carbocycles. The van der Waals surface area contributed by atoms with Gasteiger partial charge < -0.3 is 9.47 Å². The van der Waals surface area contributed by atoms with E-state index in [1.807, 2.05) is 6.92 Å². The first kappa shape index (κ1) is 18.6. The number of halogens is 3. The van der Waals surface area contributed by atoms with E-state index in [2.05, 4.69) is 17.2 Å². The van der Waals surface area contributed by atoms with E-state index in [9.17, 15) is 18.0 Å². The van der Waals surface area contributed by atoms with Crippen molar-refractivity contribution in [3.8, 4) is 18.1 Å². The zero-order valence-electron chi connectivity index (χ0n) is 11.7. The highest BCUT2D eigenvalue weighted by Crippen LogP contribution is 2.32. The number of benzene rings is 1. The topological polar surface area (TPSA) is 35.5 Å². The van der Waals surface area contributed by atoms with E-state index in [1.165, 1.54) is 7.11 Å². The smallest absolute Gasteiger partial charge is 0.416 e. The molecule has 114 valence electrons. The van der Waals surface area contributed by atoms with Crippen molar-refractivity contribution in [1.29, 1.82) is 0 Å². The quantitative estimate of drug-likeness (QED) is 0.483. The summed E-state index contributed by atoms with van der Waals surface area (Å²) < 4.78 is 46.0. The second-order valence-corrected chi connectivity index (χ2v) is 3.57. The Bertz CT molecular complexity index is 528. The van der Waals surface area contributed by atoms with Crippen LogP contribution in [0.25, 0.3) is 0 Å². The monoisotopic (exact) mass is 300 g/mol. The predicted molar refractivity (Wildman–Crippen MR) is 73.0 cm³/mol. The van der Waals surface area contributed by atoms with E-state index in [4.69, 9.17) is 11.2 Å². The second kappa shape index (κ2) is 8.69. The van der Waals surface area contributed by atoms with E-state index in [-0.39, 0.29) is 11.3 Å². The SMILES string of the molecule is C#CC(=C)OCC.COc1cc(C(F)(F)F)ccc1C=O. The summed E-state index contributed by atoms with van der Waals surface area (Å²) in [6.07, 6.45) is 0.905. The molecule has 1 aromatic rings. The van der Waals surface area contributed by atoms with Gasteiger partial charge in [0.05, 0.1) is 24.8 Å². The number of hydrogen-bond donors (Lipinski definition) is 0. The van der Waals surface area contributed by atoms with E-state index in [0.717, 1.165) is 18.2 Å². The maximum Gasteiger partial charge on any atom is 0.416 e. The summed E-state index contributed by atoms with van der Waals surface area (Å²) in [5.41, 5.74) is -0.736. The molecule has 0 fully saturated rings. The summed E-state index contributed by atoms with van der Waals surface area (Å²) in [7, 11) is 1.21. The van der Waals surface area contributed by atoms with Crippen LogP contribution in [0.1, 0.15) is 22.8 Å². The average molecular weight is 300 g/mol. The predicted octanol–water partition coefficient (Wildman–Crippen LogP) is 3.70. The van der Waals surface area contributed by atoms with E-state index < -0.39 is 11.7 Å². The molecule has 0 heterocycles. The number of terminal acetylenes is 1. The lowest BCUT2D eigenvalue weighted by Gasteiger charge is -2.09. The normalized spacial score (nSPS) is 9.71. The van der Waals surface area contributed by atoms with Crippen LogP contribution in [0, 0.1) is 12.3 Å². The lowest BCUT2D eigenvalue weighted by atomic mass is 10.1. The van der Waals surface area contributed by atoms with Crippen molar-refractivity contribution in [2.75, 3.05) is 13.7 Å². The van der Waals surface area contributed by atoms with Crippen LogP contribution >= 0.6 is 0 Å². The Morgan fingerprint density at radius 3 is 2.43 bits per heavy atom. The number of aldehydes is 1. The van der Waals surface area contributed by atoms with Crippen LogP contribution < -0.4 is 4.74 Å². The van der Waals surface area contributed by atoms with E-state index in [1.54, 1.807) is 0 Å². The summed E-state index contributed by atoms with van der Waals surface area (Å²) in [6, 6.07) is 2.71. The third-order valence-corrected chi connectivity index (χ3v) is 2.17. The first-order valence-corrected chi connectivity index (χ1v) is 5.78. The lowest BCUT2D eigenvalue weighted by molar-refractivity contribution is -0.137. The molecule has 0 aliphatic heterocycles. The number of carbonyl (C=O) groups excluding carboxylic acids is 1. The van der Waals surface area contributed by atoms with Gasteiger partial charge in [0, 0.05) is 0 Å². The highest BCUT2D eigenvalue weighted by atomic mass is 19.4. The van der Waals surface area contributed by atoms with Crippen molar-refractivity contribution in [2.45, 2.75) is 13.1 Å². The van der Waals surface area contributed by atoms with Gasteiger partial charge >= 0.3 is 6.18 Å². The minimum absolute atomic E-state index is 0.0742. The maximum absolute atomic E-state index is 12.2. The molecular weight excluding hydrogens is 285 g/mol. The molecular formula is C15H15F3O3. The molecule has 0 aliphatic carbocycles. The summed E-state index contributed by atoms with van der Waals surface area (Å²) in [5, 5.41) is 0. The van der Waals surface area contributed by atoms with Crippen LogP contribution in [0.3, 0.4) is 0 Å². The van der Waals surface area contributed by atoms with Crippen LogP contribution in [0.2, 0.25) is 0 Å². The number of rotatable bonds is 4. The summed E-state index contributed by atoms with van der Waals surface area (Å²) in [4.78, 5) is 10.4. The van der Waals surface area contributed by atoms with Gasteiger partial charge in [-0.05, 0) is 37.6 Å². The molecule has 0 spiro atoms. The minimum Gasteiger partial charge on any atom is -0.496 e. The van der Waals surface area contributed by atoms with Crippen molar-refractivity contribution in [1.82, 2.24) is 0 Å². The zero-order valence-corrected chi connectivity index (χ0v) is 11.7. The molecule has 0 unspecified atom stereocenters. The fourth-order valence-corrected chi connectivity index (χ4v) is 1.20. The van der Waals surface area contributed by atoms with Gasteiger partial charge in [0.15, 0.2) is 12.0 Å². The van der Waals surface area contributed by atoms with Crippen molar-refractivity contribution in [3.63, 3.8) is 0 Å². The molecule has 1 rings (SSSR count). The molecule has 6 heteroatoms. The number of ether oxygens (including phenoxy) is 2. The average Bonchev–Trinajstić information content (AvgIpc) is 2.46. The largest absolute Gasteiger partial charge is 0.496 e. The first-order chi connectivity index (χ1) is 9.79. The number of methoxy groups -OCH3 is 1. The highest BCUT2D eigenvalue weighted by molar-refractivity contribution is 5.79. The van der Waals surface area contributed by atoms with Crippen LogP contribution in [-0.4, -0.2) is 20.0 Å². The summed E-state index contributed by atoms with van der Waals surface area (Å²) in [6.45, 7) is 5.87. The van der Waals surface area contributed by atoms with Gasteiger partial charge in [0.1, 0.15) is 5.75 Å². The van der Waals surface area contributed by atoms with Gasteiger partial charge in [-0.1, -0.05) is 0 Å². The van der Waals surface area contributed by atoms with Gasteiger partial charge in [-0.25, -0.2) is 0 Å². The zero-order chi connectivity index (χ0) is 16.5. The molecule has 21 heavy (non-hydrogen) atoms. The highest BCUT2D eigenvalue weighted by Gasteiger charge is 2.31. The Balaban J connectivity index is 0.000000486. The molecule has 0 N–H and O–H groups in total. The van der Waals surface area contributed by atoms with Gasteiger partial charge in [-0.2, -0.15) is 13.2 Å². The van der Waals surface area contributed by atoms with Crippen molar-refractivity contribution < 1.29 is 27.4 Å². The Kier molecular flexibility index (Phi) is 7.69. The molecule has 3 nitrogen and oxygen atoms in total. The number of carbonyl (C=O) groups is 1. The third-order valence-electron chi connectivity index (χ3n) is 2.17. The maximum atomic E-state index is 12.2. The van der Waals surface area contributed by atoms with E-state index in [0.29, 0.717) is 18.7 Å². The second-order valence-electron chi connectivity index (χ2n) is 3.57. The van der Waals surface area contributed by atoms with Crippen LogP contribution in [-0.2, 0) is 10.9 Å². The number of hydrogen-bond acceptors (Lipinski definition) is 3. The number of alkyl halides is 3. The van der Waals surface area contributed by atoms with Crippen LogP contribution in [0.4, 0.5) is 13.2 Å². The Hall–Kier alpha value is -2.42. The number of allylic oxidation sites excluding steroid dienone is 1. The standard InChI is InChI=1S/C9H7F3O2.C6H8O/c1-14-8-4-7(9(10,11)12)3-2-6(8)5-13;1-4-6(3)7-5-2/h2-5H,1H3;1H,3,5H2,2H3. The molecule has 0 radical (unpaired) electrons. The lowest BCUT2D eigenvalue weighted by Crippen LogP contribution is -2.05. The molecule has 0 amide bonds. The molecule has 0 saturated carbocycles. The van der Waals surface area contributed by atoms with Crippen molar-refractivity contribution in [2.24, 2.45) is 0 Å². The Morgan fingerprint density at radius 2 is 2.10 bits per heavy atom. The molecule has 0 aliphatic rings. The fourth-order valence-electron chi connectivity index (χ4n) is 1.20. The minimum atomic E-state index is -4.42. The van der Waals surface area contributed by atoms with Crippen LogP contribution in [0.15, 0.2) is 30.5 Å². The molecule has 0 saturated heterocycles. The Morgan fingerprint density at radius 1 is 1.48 bits per heavy atom. The fraction of sp³-hybridized carbons (Fsp3) is 0.267. The Labute approximate surface area is 121 Å². The van der Waals surface area contributed by atoms with Gasteiger partial charge in [0.2, 0.25) is 0 Å². The van der Waals surface area contributed by atoms with Gasteiger partial charge in [-0.3, -0.25) is 4.79 Å². The molecule has 0 bridgehead atoms. The summed E-state index contributed by atoms with van der Waals surface area (Å²) >= 11 is 0. The van der Waals surface area contributed by atoms with Gasteiger partial charge in [-0.15, -0.1) is 6.42 Å². The molecule has 0 aromatic heterocycles. The van der Waals surface area contributed by atoms with Crippen molar-refractivity contribution in [3.05, 3.63) is 41.7 Å². The third kappa shape index (κ3) is 6.52. The van der Waals surface area contributed by atoms with Crippen molar-refractivity contribution >= 4 is 6.29 Å². The van der Waals surface area contributed by atoms with Gasteiger partial charge in [0.25, 0.3) is 0 Å². The first-order valence-electron chi connectivity index (χ1n) is 5.78. The molecule has 0 atom stereocenters. The van der Waals surface area contributed by atoms with Crippen LogP contribution in [0.5, 0.6) is 5.75 Å². The summed E-state index contributed by atoms with van der Waals surface area (Å²) in [5.74, 6) is 2.58.